The standard InChI is InChI=1S/C33H48FN5O3Si/c1-22-18-26(30-27(19-22)31(40)37(6)32(36-30)38-14-16-41-17-15-38)23(2)35-28-12-11-24(34)20-29(28)39-13-9-10-25(21-39)42-43(7,8)33(3,4)5/h11-12,18-20,23,25,35H,9-10,13-17,21H2,1-8H3/t23-,25-/m1/s1. The number of rotatable bonds is 7. The van der Waals surface area contributed by atoms with Gasteiger partial charge in [0, 0.05) is 38.8 Å². The topological polar surface area (TPSA) is 71.9 Å². The molecule has 0 aliphatic carbocycles. The molecule has 8 nitrogen and oxygen atoms in total. The van der Waals surface area contributed by atoms with Crippen LogP contribution in [0.4, 0.5) is 21.7 Å². The number of fused-ring (bicyclic) bond motifs is 1. The van der Waals surface area contributed by atoms with Gasteiger partial charge in [0.2, 0.25) is 5.95 Å². The number of benzene rings is 2. The third kappa shape index (κ3) is 6.61. The van der Waals surface area contributed by atoms with Crippen LogP contribution in [0.2, 0.25) is 18.1 Å². The fourth-order valence-electron chi connectivity index (χ4n) is 5.96. The Balaban J connectivity index is 1.47. The van der Waals surface area contributed by atoms with E-state index in [0.29, 0.717) is 43.2 Å². The molecule has 0 amide bonds. The van der Waals surface area contributed by atoms with Gasteiger partial charge in [0.25, 0.3) is 5.56 Å². The fourth-order valence-corrected chi connectivity index (χ4v) is 7.34. The molecule has 234 valence electrons. The Morgan fingerprint density at radius 3 is 2.53 bits per heavy atom. The summed E-state index contributed by atoms with van der Waals surface area (Å²) in [5.74, 6) is 0.392. The highest BCUT2D eigenvalue weighted by Gasteiger charge is 2.40. The second-order valence-electron chi connectivity index (χ2n) is 13.7. The first-order valence-corrected chi connectivity index (χ1v) is 18.5. The van der Waals surface area contributed by atoms with E-state index in [4.69, 9.17) is 14.1 Å². The number of ether oxygens (including phenoxy) is 1. The number of morpholine rings is 1. The van der Waals surface area contributed by atoms with Gasteiger partial charge in [-0.3, -0.25) is 9.36 Å². The highest BCUT2D eigenvalue weighted by atomic mass is 28.4. The Labute approximate surface area is 256 Å². The predicted octanol–water partition coefficient (Wildman–Crippen LogP) is 6.38. The Morgan fingerprint density at radius 2 is 1.84 bits per heavy atom. The third-order valence-electron chi connectivity index (χ3n) is 9.41. The number of piperidine rings is 1. The molecule has 3 aromatic rings. The maximum absolute atomic E-state index is 14.7. The Bertz CT molecular complexity index is 1530. The van der Waals surface area contributed by atoms with Crippen LogP contribution in [0.1, 0.15) is 57.7 Å². The highest BCUT2D eigenvalue weighted by Crippen LogP contribution is 2.39. The average Bonchev–Trinajstić information content (AvgIpc) is 2.95. The van der Waals surface area contributed by atoms with Gasteiger partial charge in [-0.2, -0.15) is 0 Å². The first-order valence-electron chi connectivity index (χ1n) is 15.6. The lowest BCUT2D eigenvalue weighted by Gasteiger charge is -2.43. The molecule has 1 aromatic heterocycles. The second-order valence-corrected chi connectivity index (χ2v) is 18.5. The number of nitrogens with zero attached hydrogens (tertiary/aromatic N) is 4. The van der Waals surface area contributed by atoms with E-state index < -0.39 is 8.32 Å². The van der Waals surface area contributed by atoms with Crippen LogP contribution >= 0.6 is 0 Å². The fraction of sp³-hybridized carbons (Fsp3) is 0.576. The largest absolute Gasteiger partial charge is 0.412 e. The van der Waals surface area contributed by atoms with Crippen molar-refractivity contribution in [2.24, 2.45) is 7.05 Å². The van der Waals surface area contributed by atoms with E-state index in [-0.39, 0.29) is 28.6 Å². The van der Waals surface area contributed by atoms with Crippen molar-refractivity contribution in [1.82, 2.24) is 9.55 Å². The Kier molecular flexibility index (Phi) is 8.93. The SMILES string of the molecule is Cc1cc([C@@H](C)Nc2ccc(F)cc2N2CCC[C@@H](O[Si](C)(C)C(C)(C)C)C2)c2nc(N3CCOCC3)n(C)c(=O)c2c1. The number of hydrogen-bond donors (Lipinski definition) is 1. The van der Waals surface area contributed by atoms with Crippen LogP contribution in [0.25, 0.3) is 10.9 Å². The molecule has 1 N–H and O–H groups in total. The third-order valence-corrected chi connectivity index (χ3v) is 13.9. The highest BCUT2D eigenvalue weighted by molar-refractivity contribution is 6.74. The summed E-state index contributed by atoms with van der Waals surface area (Å²) in [6, 6.07) is 8.79. The van der Waals surface area contributed by atoms with Gasteiger partial charge in [0.05, 0.1) is 47.6 Å². The lowest BCUT2D eigenvalue weighted by Crippen LogP contribution is -2.49. The lowest BCUT2D eigenvalue weighted by atomic mass is 10.0. The predicted molar refractivity (Wildman–Crippen MR) is 177 cm³/mol. The molecule has 2 aliphatic heterocycles. The molecule has 2 atom stereocenters. The molecule has 10 heteroatoms. The molecular weight excluding hydrogens is 561 g/mol. The number of anilines is 3. The number of aromatic nitrogens is 2. The van der Waals surface area contributed by atoms with Crippen LogP contribution in [0.5, 0.6) is 0 Å². The first-order chi connectivity index (χ1) is 20.2. The zero-order valence-corrected chi connectivity index (χ0v) is 28.1. The van der Waals surface area contributed by atoms with Gasteiger partial charge in [-0.25, -0.2) is 9.37 Å². The summed E-state index contributed by atoms with van der Waals surface area (Å²) in [7, 11) is -0.150. The number of hydrogen-bond acceptors (Lipinski definition) is 7. The van der Waals surface area contributed by atoms with Gasteiger partial charge in [-0.05, 0) is 74.7 Å². The molecule has 0 saturated carbocycles. The van der Waals surface area contributed by atoms with Crippen LogP contribution in [-0.4, -0.2) is 63.4 Å². The molecule has 2 aromatic carbocycles. The van der Waals surface area contributed by atoms with E-state index in [0.717, 1.165) is 48.4 Å². The molecule has 2 saturated heterocycles. The summed E-state index contributed by atoms with van der Waals surface area (Å²) in [4.78, 5) is 23.0. The van der Waals surface area contributed by atoms with Crippen molar-refractivity contribution in [1.29, 1.82) is 0 Å². The van der Waals surface area contributed by atoms with Crippen molar-refractivity contribution in [3.8, 4) is 0 Å². The minimum absolute atomic E-state index is 0.0628. The summed E-state index contributed by atoms with van der Waals surface area (Å²) in [6.45, 7) is 19.6. The van der Waals surface area contributed by atoms with Gasteiger partial charge < -0.3 is 24.3 Å². The maximum atomic E-state index is 14.7. The number of aryl methyl sites for hydroxylation is 1. The molecule has 0 bridgehead atoms. The van der Waals surface area contributed by atoms with E-state index in [2.05, 4.69) is 62.0 Å². The van der Waals surface area contributed by atoms with Crippen molar-refractivity contribution in [2.45, 2.75) is 77.7 Å². The van der Waals surface area contributed by atoms with Crippen molar-refractivity contribution in [3.63, 3.8) is 0 Å². The minimum atomic E-state index is -1.94. The van der Waals surface area contributed by atoms with E-state index in [1.165, 1.54) is 6.07 Å². The molecule has 3 heterocycles. The zero-order valence-electron chi connectivity index (χ0n) is 27.1. The van der Waals surface area contributed by atoms with E-state index in [1.807, 2.05) is 19.1 Å². The average molecular weight is 610 g/mol. The molecule has 2 fully saturated rings. The van der Waals surface area contributed by atoms with E-state index in [9.17, 15) is 9.18 Å². The molecule has 5 rings (SSSR count). The summed E-state index contributed by atoms with van der Waals surface area (Å²) < 4.78 is 28.7. The van der Waals surface area contributed by atoms with Crippen LogP contribution in [0.3, 0.4) is 0 Å². The van der Waals surface area contributed by atoms with Crippen LogP contribution in [0.15, 0.2) is 35.1 Å². The Hall–Kier alpha value is -2.95. The number of nitrogens with one attached hydrogen (secondary N) is 1. The van der Waals surface area contributed by atoms with Gasteiger partial charge in [-0.1, -0.05) is 26.8 Å². The number of halogens is 1. The van der Waals surface area contributed by atoms with E-state index in [1.54, 1.807) is 17.7 Å². The van der Waals surface area contributed by atoms with Crippen molar-refractivity contribution >= 4 is 36.5 Å². The van der Waals surface area contributed by atoms with E-state index >= 15 is 0 Å². The molecule has 0 unspecified atom stereocenters. The summed E-state index contributed by atoms with van der Waals surface area (Å²) in [5.41, 5.74) is 4.26. The lowest BCUT2D eigenvalue weighted by molar-refractivity contribution is 0.121. The molecule has 0 radical (unpaired) electrons. The van der Waals surface area contributed by atoms with Gasteiger partial charge in [0.15, 0.2) is 8.32 Å². The minimum Gasteiger partial charge on any atom is -0.412 e. The molecule has 43 heavy (non-hydrogen) atoms. The normalized spacial score (nSPS) is 19.1. The van der Waals surface area contributed by atoms with Crippen LogP contribution < -0.4 is 20.7 Å². The maximum Gasteiger partial charge on any atom is 0.262 e. The van der Waals surface area contributed by atoms with Crippen LogP contribution in [0, 0.1) is 12.7 Å². The van der Waals surface area contributed by atoms with Gasteiger partial charge in [-0.15, -0.1) is 0 Å². The van der Waals surface area contributed by atoms with Crippen molar-refractivity contribution in [3.05, 3.63) is 57.6 Å². The second kappa shape index (κ2) is 12.2. The van der Waals surface area contributed by atoms with Crippen LogP contribution in [-0.2, 0) is 16.2 Å². The zero-order chi connectivity index (χ0) is 31.1. The summed E-state index contributed by atoms with van der Waals surface area (Å²) >= 11 is 0. The molecule has 2 aliphatic rings. The summed E-state index contributed by atoms with van der Waals surface area (Å²) in [6.07, 6.45) is 2.12. The van der Waals surface area contributed by atoms with Crippen molar-refractivity contribution < 1.29 is 13.6 Å². The monoisotopic (exact) mass is 609 g/mol. The van der Waals surface area contributed by atoms with Crippen molar-refractivity contribution in [2.75, 3.05) is 54.5 Å². The van der Waals surface area contributed by atoms with Gasteiger partial charge >= 0.3 is 0 Å². The quantitative estimate of drug-likeness (QED) is 0.312. The Morgan fingerprint density at radius 1 is 1.12 bits per heavy atom. The molecular formula is C33H48FN5O3Si. The first kappa shape index (κ1) is 31.5. The van der Waals surface area contributed by atoms with Gasteiger partial charge in [0.1, 0.15) is 5.82 Å². The smallest absolute Gasteiger partial charge is 0.262 e. The summed E-state index contributed by atoms with van der Waals surface area (Å²) in [5, 5.41) is 4.40. The molecule has 0 spiro atoms.